The van der Waals surface area contributed by atoms with E-state index in [1.165, 1.54) is 18.2 Å². The minimum atomic E-state index is -0.304. The van der Waals surface area contributed by atoms with E-state index in [1.54, 1.807) is 12.1 Å². The number of esters is 1. The van der Waals surface area contributed by atoms with E-state index in [0.717, 1.165) is 5.56 Å². The molecule has 0 atom stereocenters. The van der Waals surface area contributed by atoms with Crippen molar-refractivity contribution in [3.8, 4) is 11.1 Å². The number of carbonyl (C=O) groups excluding carboxylic acids is 1. The Bertz CT molecular complexity index is 527. The Kier molecular flexibility index (Phi) is 3.24. The zero-order valence-electron chi connectivity index (χ0n) is 9.94. The number of aryl methyl sites for hydroxylation is 1. The van der Waals surface area contributed by atoms with Crippen LogP contribution in [0.15, 0.2) is 48.5 Å². The topological polar surface area (TPSA) is 26.3 Å². The summed E-state index contributed by atoms with van der Waals surface area (Å²) in [5.74, 6) is -0.304. The summed E-state index contributed by atoms with van der Waals surface area (Å²) in [6.07, 6.45) is 0. The molecule has 0 aliphatic rings. The van der Waals surface area contributed by atoms with Crippen molar-refractivity contribution in [1.82, 2.24) is 0 Å². The summed E-state index contributed by atoms with van der Waals surface area (Å²) in [5.41, 5.74) is 4.09. The Morgan fingerprint density at radius 3 is 2.24 bits per heavy atom. The number of ether oxygens (including phenoxy) is 1. The van der Waals surface area contributed by atoms with E-state index in [-0.39, 0.29) is 5.97 Å². The molecule has 2 aromatic rings. The first-order valence-corrected chi connectivity index (χ1v) is 5.47. The highest BCUT2D eigenvalue weighted by molar-refractivity contribution is 5.90. The number of methoxy groups -OCH3 is 1. The molecule has 0 saturated heterocycles. The van der Waals surface area contributed by atoms with Gasteiger partial charge in [-0.05, 0) is 35.7 Å². The van der Waals surface area contributed by atoms with Crippen LogP contribution in [0.25, 0.3) is 11.1 Å². The average Bonchev–Trinajstić information content (AvgIpc) is 2.39. The van der Waals surface area contributed by atoms with Crippen LogP contribution in [0, 0.1) is 6.92 Å². The Morgan fingerprint density at radius 1 is 1.00 bits per heavy atom. The highest BCUT2D eigenvalue weighted by Gasteiger charge is 2.05. The summed E-state index contributed by atoms with van der Waals surface area (Å²) in [5, 5.41) is 0. The monoisotopic (exact) mass is 226 g/mol. The van der Waals surface area contributed by atoms with Gasteiger partial charge in [-0.3, -0.25) is 0 Å². The lowest BCUT2D eigenvalue weighted by Gasteiger charge is -2.06. The van der Waals surface area contributed by atoms with E-state index in [2.05, 4.69) is 23.8 Å². The molecule has 0 fully saturated rings. The van der Waals surface area contributed by atoms with Crippen LogP contribution in [0.2, 0.25) is 0 Å². The maximum absolute atomic E-state index is 11.3. The first-order valence-electron chi connectivity index (χ1n) is 5.47. The molecule has 2 aromatic carbocycles. The van der Waals surface area contributed by atoms with Gasteiger partial charge in [0.05, 0.1) is 12.7 Å². The molecule has 2 heteroatoms. The zero-order chi connectivity index (χ0) is 12.3. The zero-order valence-corrected chi connectivity index (χ0v) is 9.94. The molecule has 0 heterocycles. The van der Waals surface area contributed by atoms with Crippen molar-refractivity contribution in [2.75, 3.05) is 7.11 Å². The summed E-state index contributed by atoms with van der Waals surface area (Å²) >= 11 is 0. The van der Waals surface area contributed by atoms with Crippen molar-refractivity contribution in [1.29, 1.82) is 0 Å². The quantitative estimate of drug-likeness (QED) is 0.733. The highest BCUT2D eigenvalue weighted by atomic mass is 16.5. The highest BCUT2D eigenvalue weighted by Crippen LogP contribution is 2.23. The fourth-order valence-electron chi connectivity index (χ4n) is 1.80. The van der Waals surface area contributed by atoms with Crippen molar-refractivity contribution in [3.63, 3.8) is 0 Å². The lowest BCUT2D eigenvalue weighted by Crippen LogP contribution is -2.00. The van der Waals surface area contributed by atoms with Gasteiger partial charge in [-0.1, -0.05) is 36.4 Å². The summed E-state index contributed by atoms with van der Waals surface area (Å²) < 4.78 is 4.67. The Labute approximate surface area is 101 Å². The predicted molar refractivity (Wildman–Crippen MR) is 68.0 cm³/mol. The van der Waals surface area contributed by atoms with E-state index < -0.39 is 0 Å². The van der Waals surface area contributed by atoms with Gasteiger partial charge in [0.15, 0.2) is 0 Å². The smallest absolute Gasteiger partial charge is 0.337 e. The van der Waals surface area contributed by atoms with Crippen LogP contribution in [0.3, 0.4) is 0 Å². The third-order valence-electron chi connectivity index (χ3n) is 2.76. The van der Waals surface area contributed by atoms with Crippen LogP contribution >= 0.6 is 0 Å². The maximum Gasteiger partial charge on any atom is 0.337 e. The molecule has 2 nitrogen and oxygen atoms in total. The molecule has 2 rings (SSSR count). The number of hydrogen-bond donors (Lipinski definition) is 0. The van der Waals surface area contributed by atoms with Gasteiger partial charge in [0.25, 0.3) is 0 Å². The molecule has 0 radical (unpaired) electrons. The van der Waals surface area contributed by atoms with Crippen molar-refractivity contribution in [2.45, 2.75) is 6.92 Å². The first-order chi connectivity index (χ1) is 8.22. The Hall–Kier alpha value is -2.09. The molecule has 0 aromatic heterocycles. The fourth-order valence-corrected chi connectivity index (χ4v) is 1.80. The summed E-state index contributed by atoms with van der Waals surface area (Å²) in [6, 6.07) is 15.6. The predicted octanol–water partition coefficient (Wildman–Crippen LogP) is 3.45. The molecule has 86 valence electrons. The Balaban J connectivity index is 2.36. The van der Waals surface area contributed by atoms with E-state index in [0.29, 0.717) is 5.56 Å². The minimum Gasteiger partial charge on any atom is -0.465 e. The van der Waals surface area contributed by atoms with Gasteiger partial charge in [-0.15, -0.1) is 0 Å². The van der Waals surface area contributed by atoms with Crippen LogP contribution in [0.5, 0.6) is 0 Å². The fraction of sp³-hybridized carbons (Fsp3) is 0.133. The largest absolute Gasteiger partial charge is 0.465 e. The lowest BCUT2D eigenvalue weighted by atomic mass is 10.00. The van der Waals surface area contributed by atoms with E-state index in [1.807, 2.05) is 24.3 Å². The van der Waals surface area contributed by atoms with Crippen molar-refractivity contribution < 1.29 is 9.53 Å². The summed E-state index contributed by atoms with van der Waals surface area (Å²) in [6.45, 7) is 2.07. The molecule has 0 spiro atoms. The molecular formula is C15H14O2. The Morgan fingerprint density at radius 2 is 1.65 bits per heavy atom. The standard InChI is InChI=1S/C15H14O2/c1-11-5-3-4-6-14(11)12-7-9-13(10-8-12)15(16)17-2/h3-10H,1-2H3. The van der Waals surface area contributed by atoms with E-state index >= 15 is 0 Å². The van der Waals surface area contributed by atoms with E-state index in [4.69, 9.17) is 0 Å². The number of carbonyl (C=O) groups is 1. The van der Waals surface area contributed by atoms with Gasteiger partial charge >= 0.3 is 5.97 Å². The SMILES string of the molecule is COC(=O)c1ccc(-c2ccccc2C)cc1. The third kappa shape index (κ3) is 2.36. The second-order valence-electron chi connectivity index (χ2n) is 3.88. The van der Waals surface area contributed by atoms with Crippen molar-refractivity contribution in [2.24, 2.45) is 0 Å². The second-order valence-corrected chi connectivity index (χ2v) is 3.88. The molecule has 17 heavy (non-hydrogen) atoms. The molecule has 0 bridgehead atoms. The van der Waals surface area contributed by atoms with Crippen molar-refractivity contribution >= 4 is 5.97 Å². The van der Waals surface area contributed by atoms with Gasteiger partial charge in [0, 0.05) is 0 Å². The molecule has 0 unspecified atom stereocenters. The number of hydrogen-bond acceptors (Lipinski definition) is 2. The molecule has 0 saturated carbocycles. The van der Waals surface area contributed by atoms with Crippen LogP contribution in [-0.2, 0) is 4.74 Å². The van der Waals surface area contributed by atoms with Crippen LogP contribution < -0.4 is 0 Å². The van der Waals surface area contributed by atoms with Gasteiger partial charge in [0.2, 0.25) is 0 Å². The number of rotatable bonds is 2. The number of benzene rings is 2. The average molecular weight is 226 g/mol. The summed E-state index contributed by atoms with van der Waals surface area (Å²) in [4.78, 5) is 11.3. The van der Waals surface area contributed by atoms with Gasteiger partial charge < -0.3 is 4.74 Å². The van der Waals surface area contributed by atoms with Gasteiger partial charge in [-0.2, -0.15) is 0 Å². The minimum absolute atomic E-state index is 0.304. The second kappa shape index (κ2) is 4.83. The van der Waals surface area contributed by atoms with Gasteiger partial charge in [0.1, 0.15) is 0 Å². The molecule has 0 N–H and O–H groups in total. The molecule has 0 aliphatic heterocycles. The normalized spacial score (nSPS) is 10.0. The van der Waals surface area contributed by atoms with E-state index in [9.17, 15) is 4.79 Å². The molecular weight excluding hydrogens is 212 g/mol. The first kappa shape index (κ1) is 11.4. The third-order valence-corrected chi connectivity index (χ3v) is 2.76. The molecule has 0 amide bonds. The van der Waals surface area contributed by atoms with Crippen LogP contribution in [0.4, 0.5) is 0 Å². The summed E-state index contributed by atoms with van der Waals surface area (Å²) in [7, 11) is 1.39. The molecule has 0 aliphatic carbocycles. The van der Waals surface area contributed by atoms with Crippen molar-refractivity contribution in [3.05, 3.63) is 59.7 Å². The van der Waals surface area contributed by atoms with Crippen LogP contribution in [-0.4, -0.2) is 13.1 Å². The maximum atomic E-state index is 11.3. The van der Waals surface area contributed by atoms with Gasteiger partial charge in [-0.25, -0.2) is 4.79 Å². The lowest BCUT2D eigenvalue weighted by molar-refractivity contribution is 0.0601. The van der Waals surface area contributed by atoms with Crippen LogP contribution in [0.1, 0.15) is 15.9 Å².